The average molecular weight is 400 g/mol. The molecule has 0 spiro atoms. The van der Waals surface area contributed by atoms with E-state index in [9.17, 15) is 22.8 Å². The topological polar surface area (TPSA) is 88.3 Å². The fourth-order valence-corrected chi connectivity index (χ4v) is 3.11. The number of hydrogen-bond donors (Lipinski definition) is 1. The van der Waals surface area contributed by atoms with E-state index in [0.29, 0.717) is 13.1 Å². The largest absolute Gasteiger partial charge is 0.446 e. The number of alkyl halides is 3. The average Bonchev–Trinajstić information content (AvgIpc) is 3.09. The van der Waals surface area contributed by atoms with E-state index >= 15 is 0 Å². The molecule has 0 saturated carbocycles. The van der Waals surface area contributed by atoms with Gasteiger partial charge < -0.3 is 9.32 Å². The Morgan fingerprint density at radius 2 is 1.74 bits per heavy atom. The third-order valence-electron chi connectivity index (χ3n) is 3.82. The monoisotopic (exact) mass is 400 g/mol. The van der Waals surface area contributed by atoms with Crippen LogP contribution < -0.4 is 5.32 Å². The first-order valence-corrected chi connectivity index (χ1v) is 8.93. The van der Waals surface area contributed by atoms with Crippen LogP contribution in [-0.4, -0.2) is 45.5 Å². The maximum absolute atomic E-state index is 12.3. The van der Waals surface area contributed by atoms with Gasteiger partial charge in [0.1, 0.15) is 0 Å². The molecule has 2 aromatic rings. The third kappa shape index (κ3) is 5.22. The predicted molar refractivity (Wildman–Crippen MR) is 90.4 cm³/mol. The lowest BCUT2D eigenvalue weighted by atomic mass is 10.1. The predicted octanol–water partition coefficient (Wildman–Crippen LogP) is 3.56. The van der Waals surface area contributed by atoms with E-state index in [1.54, 1.807) is 4.90 Å². The molecule has 2 heterocycles. The van der Waals surface area contributed by atoms with Crippen LogP contribution in [-0.2, 0) is 0 Å². The number of nitrogens with zero attached hydrogens (tertiary/aromatic N) is 3. The zero-order chi connectivity index (χ0) is 19.4. The lowest BCUT2D eigenvalue weighted by Gasteiger charge is -2.24. The molecular formula is C16H15F3N4O3S. The number of piperidine rings is 1. The Bertz CT molecular complexity index is 817. The molecule has 2 amide bonds. The van der Waals surface area contributed by atoms with Gasteiger partial charge >= 0.3 is 23.3 Å². The van der Waals surface area contributed by atoms with Crippen molar-refractivity contribution in [3.8, 4) is 0 Å². The number of amides is 2. The molecule has 3 rings (SSSR count). The van der Waals surface area contributed by atoms with E-state index in [1.807, 2.05) is 0 Å². The molecule has 1 aliphatic heterocycles. The number of halogens is 3. The minimum atomic E-state index is -4.40. The smallest absolute Gasteiger partial charge is 0.399 e. The fraction of sp³-hybridized carbons (Fsp3) is 0.375. The Morgan fingerprint density at radius 1 is 1.07 bits per heavy atom. The van der Waals surface area contributed by atoms with Crippen LogP contribution in [0.25, 0.3) is 0 Å². The Hall–Kier alpha value is -2.56. The van der Waals surface area contributed by atoms with Gasteiger partial charge in [-0.2, -0.15) is 13.2 Å². The number of anilines is 1. The Labute approximate surface area is 156 Å². The molecule has 0 atom stereocenters. The van der Waals surface area contributed by atoms with E-state index in [1.165, 1.54) is 24.3 Å². The van der Waals surface area contributed by atoms with Crippen molar-refractivity contribution in [1.29, 1.82) is 0 Å². The molecule has 7 nitrogen and oxygen atoms in total. The van der Waals surface area contributed by atoms with Crippen LogP contribution >= 0.6 is 11.8 Å². The van der Waals surface area contributed by atoms with Crippen molar-refractivity contribution >= 4 is 29.6 Å². The maximum Gasteiger partial charge on any atom is 0.446 e. The van der Waals surface area contributed by atoms with Gasteiger partial charge in [-0.15, -0.1) is 5.10 Å². The summed E-state index contributed by atoms with van der Waals surface area (Å²) in [5.74, 6) is -1.25. The molecule has 1 aromatic heterocycles. The molecule has 0 bridgehead atoms. The van der Waals surface area contributed by atoms with Gasteiger partial charge in [0.15, 0.2) is 0 Å². The maximum atomic E-state index is 12.3. The Kier molecular flexibility index (Phi) is 5.68. The first-order chi connectivity index (χ1) is 12.8. The number of carbonyl (C=O) groups excluding carboxylic acids is 2. The van der Waals surface area contributed by atoms with Gasteiger partial charge in [-0.3, -0.25) is 14.9 Å². The normalized spacial score (nSPS) is 14.9. The van der Waals surface area contributed by atoms with Crippen LogP contribution in [0.1, 0.15) is 40.3 Å². The molecule has 1 saturated heterocycles. The summed E-state index contributed by atoms with van der Waals surface area (Å²) in [5.41, 5.74) is -4.28. The summed E-state index contributed by atoms with van der Waals surface area (Å²) < 4.78 is 42.1. The van der Waals surface area contributed by atoms with Gasteiger partial charge in [-0.25, -0.2) is 0 Å². The van der Waals surface area contributed by atoms with Crippen molar-refractivity contribution in [2.24, 2.45) is 0 Å². The fourth-order valence-electron chi connectivity index (χ4n) is 2.57. The molecule has 1 aliphatic rings. The second kappa shape index (κ2) is 7.99. The molecule has 0 radical (unpaired) electrons. The van der Waals surface area contributed by atoms with E-state index in [2.05, 4.69) is 15.5 Å². The zero-order valence-electron chi connectivity index (χ0n) is 14.0. The van der Waals surface area contributed by atoms with Crippen LogP contribution in [0, 0.1) is 0 Å². The third-order valence-corrected chi connectivity index (χ3v) is 4.56. The van der Waals surface area contributed by atoms with Gasteiger partial charge in [0, 0.05) is 23.5 Å². The highest BCUT2D eigenvalue weighted by Gasteiger charge is 2.29. The van der Waals surface area contributed by atoms with Crippen LogP contribution in [0.5, 0.6) is 0 Å². The van der Waals surface area contributed by atoms with Gasteiger partial charge in [0.2, 0.25) is 0 Å². The minimum Gasteiger partial charge on any atom is -0.399 e. The molecule has 27 heavy (non-hydrogen) atoms. The number of likely N-dealkylation sites (tertiary alicyclic amines) is 1. The minimum absolute atomic E-state index is 0.0359. The van der Waals surface area contributed by atoms with Crippen LogP contribution in [0.2, 0.25) is 0 Å². The summed E-state index contributed by atoms with van der Waals surface area (Å²) in [6, 6.07) is 4.62. The molecule has 11 heteroatoms. The molecule has 1 N–H and O–H groups in total. The summed E-state index contributed by atoms with van der Waals surface area (Å²) in [6.07, 6.45) is 2.88. The number of carbonyl (C=O) groups is 2. The molecule has 144 valence electrons. The van der Waals surface area contributed by atoms with Crippen molar-refractivity contribution in [2.45, 2.75) is 29.7 Å². The number of rotatable bonds is 4. The highest BCUT2D eigenvalue weighted by molar-refractivity contribution is 8.00. The zero-order valence-corrected chi connectivity index (χ0v) is 14.8. The van der Waals surface area contributed by atoms with Crippen LogP contribution in [0.3, 0.4) is 0 Å². The number of thioether (sulfide) groups is 1. The van der Waals surface area contributed by atoms with E-state index in [-0.39, 0.29) is 34.1 Å². The Balaban J connectivity index is 1.61. The SMILES string of the molecule is O=C(Nc1nnc(C(=O)N2CCCCC2)o1)c1ccc(SC(F)(F)F)cc1. The van der Waals surface area contributed by atoms with Crippen molar-refractivity contribution in [2.75, 3.05) is 18.4 Å². The summed E-state index contributed by atoms with van der Waals surface area (Å²) in [4.78, 5) is 25.9. The Morgan fingerprint density at radius 3 is 2.37 bits per heavy atom. The lowest BCUT2D eigenvalue weighted by Crippen LogP contribution is -2.35. The summed E-state index contributed by atoms with van der Waals surface area (Å²) in [5, 5.41) is 9.58. The molecule has 1 fully saturated rings. The second-order valence-electron chi connectivity index (χ2n) is 5.79. The van der Waals surface area contributed by atoms with E-state index in [0.717, 1.165) is 19.3 Å². The number of aromatic nitrogens is 2. The molecule has 0 aliphatic carbocycles. The number of benzene rings is 1. The highest BCUT2D eigenvalue weighted by Crippen LogP contribution is 2.36. The number of hydrogen-bond acceptors (Lipinski definition) is 6. The highest BCUT2D eigenvalue weighted by atomic mass is 32.2. The number of nitrogens with one attached hydrogen (secondary N) is 1. The first kappa shape index (κ1) is 19.2. The lowest BCUT2D eigenvalue weighted by molar-refractivity contribution is -0.0328. The van der Waals surface area contributed by atoms with Gasteiger partial charge in [0.05, 0.1) is 0 Å². The summed E-state index contributed by atoms with van der Waals surface area (Å²) >= 11 is -0.270. The molecule has 1 aromatic carbocycles. The van der Waals surface area contributed by atoms with Gasteiger partial charge in [-0.05, 0) is 55.3 Å². The van der Waals surface area contributed by atoms with Crippen molar-refractivity contribution in [1.82, 2.24) is 15.1 Å². The molecular weight excluding hydrogens is 385 g/mol. The standard InChI is InChI=1S/C16H15F3N4O3S/c17-16(18,19)27-11-6-4-10(5-7-11)12(24)20-15-22-21-13(26-15)14(25)23-8-2-1-3-9-23/h4-7H,1-3,8-9H2,(H,20,22,24). The second-order valence-corrected chi connectivity index (χ2v) is 6.93. The summed E-state index contributed by atoms with van der Waals surface area (Å²) in [6.45, 7) is 1.23. The van der Waals surface area contributed by atoms with Crippen molar-refractivity contribution in [3.63, 3.8) is 0 Å². The quantitative estimate of drug-likeness (QED) is 0.790. The van der Waals surface area contributed by atoms with Crippen molar-refractivity contribution in [3.05, 3.63) is 35.7 Å². The van der Waals surface area contributed by atoms with Crippen LogP contribution in [0.15, 0.2) is 33.6 Å². The van der Waals surface area contributed by atoms with Gasteiger partial charge in [-0.1, -0.05) is 5.10 Å². The van der Waals surface area contributed by atoms with E-state index < -0.39 is 17.3 Å². The van der Waals surface area contributed by atoms with E-state index in [4.69, 9.17) is 4.42 Å². The molecule has 0 unspecified atom stereocenters. The summed E-state index contributed by atoms with van der Waals surface area (Å²) in [7, 11) is 0. The van der Waals surface area contributed by atoms with Crippen molar-refractivity contribution < 1.29 is 27.2 Å². The van der Waals surface area contributed by atoms with Crippen LogP contribution in [0.4, 0.5) is 19.2 Å². The van der Waals surface area contributed by atoms with Gasteiger partial charge in [0.25, 0.3) is 5.91 Å². The first-order valence-electron chi connectivity index (χ1n) is 8.12.